The maximum atomic E-state index is 11.2. The van der Waals surface area contributed by atoms with E-state index in [2.05, 4.69) is 10.4 Å². The Hall–Kier alpha value is -1.63. The lowest BCUT2D eigenvalue weighted by atomic mass is 9.86. The van der Waals surface area contributed by atoms with Crippen molar-refractivity contribution in [2.45, 2.75) is 58.6 Å². The summed E-state index contributed by atoms with van der Waals surface area (Å²) in [7, 11) is 0. The number of aliphatic hydroxyl groups excluding tert-OH is 1. The molecule has 2 rings (SSSR count). The Morgan fingerprint density at radius 2 is 2.19 bits per heavy atom. The number of anilines is 1. The largest absolute Gasteiger partial charge is 0.393 e. The Morgan fingerprint density at radius 3 is 2.81 bits per heavy atom. The molecule has 21 heavy (non-hydrogen) atoms. The second-order valence-corrected chi connectivity index (χ2v) is 5.76. The summed E-state index contributed by atoms with van der Waals surface area (Å²) >= 11 is 0. The van der Waals surface area contributed by atoms with E-state index in [-0.39, 0.29) is 22.6 Å². The van der Waals surface area contributed by atoms with E-state index >= 15 is 0 Å². The van der Waals surface area contributed by atoms with Gasteiger partial charge in [0.15, 0.2) is 0 Å². The third kappa shape index (κ3) is 3.53. The molecule has 2 unspecified atom stereocenters. The number of aliphatic hydroxyl groups is 1. The predicted molar refractivity (Wildman–Crippen MR) is 80.4 cm³/mol. The van der Waals surface area contributed by atoms with Crippen LogP contribution in [0.5, 0.6) is 0 Å². The number of nitrogens with zero attached hydrogens (tertiary/aromatic N) is 3. The zero-order valence-corrected chi connectivity index (χ0v) is 12.7. The first-order valence-corrected chi connectivity index (χ1v) is 7.68. The van der Waals surface area contributed by atoms with E-state index in [0.717, 1.165) is 32.1 Å². The zero-order valence-electron chi connectivity index (χ0n) is 12.7. The van der Waals surface area contributed by atoms with Gasteiger partial charge in [-0.1, -0.05) is 19.8 Å². The molecule has 0 spiro atoms. The van der Waals surface area contributed by atoms with Gasteiger partial charge in [0.2, 0.25) is 5.82 Å². The van der Waals surface area contributed by atoms with Gasteiger partial charge in [0.05, 0.1) is 11.0 Å². The highest BCUT2D eigenvalue weighted by molar-refractivity contribution is 5.59. The number of hydrogen-bond donors (Lipinski definition) is 2. The molecule has 2 atom stereocenters. The maximum Gasteiger partial charge on any atom is 0.333 e. The third-order valence-corrected chi connectivity index (χ3v) is 4.11. The van der Waals surface area contributed by atoms with E-state index in [1.165, 1.54) is 0 Å². The molecular weight excluding hydrogens is 272 g/mol. The molecular formula is C14H24N4O3. The van der Waals surface area contributed by atoms with Crippen LogP contribution < -0.4 is 5.32 Å². The van der Waals surface area contributed by atoms with Crippen molar-refractivity contribution in [3.63, 3.8) is 0 Å². The molecule has 0 amide bonds. The van der Waals surface area contributed by atoms with Crippen molar-refractivity contribution in [1.29, 1.82) is 0 Å². The lowest BCUT2D eigenvalue weighted by Gasteiger charge is -2.27. The topological polar surface area (TPSA) is 93.2 Å². The average molecular weight is 296 g/mol. The van der Waals surface area contributed by atoms with Gasteiger partial charge in [0, 0.05) is 19.0 Å². The number of hydrogen-bond acceptors (Lipinski definition) is 5. The van der Waals surface area contributed by atoms with Crippen LogP contribution in [0.2, 0.25) is 0 Å². The van der Waals surface area contributed by atoms with Crippen molar-refractivity contribution in [3.05, 3.63) is 15.8 Å². The van der Waals surface area contributed by atoms with E-state index in [4.69, 9.17) is 0 Å². The molecule has 0 bridgehead atoms. The van der Waals surface area contributed by atoms with Crippen LogP contribution >= 0.6 is 0 Å². The van der Waals surface area contributed by atoms with E-state index in [1.807, 2.05) is 6.92 Å². The van der Waals surface area contributed by atoms with Gasteiger partial charge >= 0.3 is 5.69 Å². The summed E-state index contributed by atoms with van der Waals surface area (Å²) in [4.78, 5) is 10.9. The number of aromatic nitrogens is 2. The summed E-state index contributed by atoms with van der Waals surface area (Å²) < 4.78 is 1.67. The molecule has 1 aliphatic rings. The van der Waals surface area contributed by atoms with Crippen LogP contribution in [0.1, 0.15) is 44.7 Å². The Morgan fingerprint density at radius 1 is 1.48 bits per heavy atom. The van der Waals surface area contributed by atoms with Gasteiger partial charge in [-0.25, -0.2) is 4.68 Å². The second kappa shape index (κ2) is 6.89. The van der Waals surface area contributed by atoms with Crippen molar-refractivity contribution in [3.8, 4) is 0 Å². The first-order chi connectivity index (χ1) is 10.0. The SMILES string of the molecule is CCCn1nc(C)c([N+](=O)[O-])c1NCC1CCCCC1O. The zero-order chi connectivity index (χ0) is 15.4. The summed E-state index contributed by atoms with van der Waals surface area (Å²) in [5.41, 5.74) is 0.480. The molecule has 7 nitrogen and oxygen atoms in total. The number of rotatable bonds is 6. The summed E-state index contributed by atoms with van der Waals surface area (Å²) in [5, 5.41) is 28.7. The Labute approximate surface area is 124 Å². The van der Waals surface area contributed by atoms with Crippen LogP contribution in [-0.4, -0.2) is 32.5 Å². The molecule has 1 heterocycles. The monoisotopic (exact) mass is 296 g/mol. The minimum absolute atomic E-state index is 0.0498. The van der Waals surface area contributed by atoms with E-state index < -0.39 is 0 Å². The fourth-order valence-electron chi connectivity index (χ4n) is 2.99. The van der Waals surface area contributed by atoms with Crippen molar-refractivity contribution in [2.24, 2.45) is 5.92 Å². The fraction of sp³-hybridized carbons (Fsp3) is 0.786. The quantitative estimate of drug-likeness (QED) is 0.621. The van der Waals surface area contributed by atoms with Crippen LogP contribution in [-0.2, 0) is 6.54 Å². The Kier molecular flexibility index (Phi) is 5.17. The Bertz CT molecular complexity index is 501. The summed E-state index contributed by atoms with van der Waals surface area (Å²) in [6.45, 7) is 4.86. The first kappa shape index (κ1) is 15.8. The maximum absolute atomic E-state index is 11.2. The van der Waals surface area contributed by atoms with Gasteiger partial charge < -0.3 is 10.4 Å². The van der Waals surface area contributed by atoms with Gasteiger partial charge in [-0.2, -0.15) is 5.10 Å². The second-order valence-electron chi connectivity index (χ2n) is 5.76. The summed E-state index contributed by atoms with van der Waals surface area (Å²) in [5.74, 6) is 0.626. The highest BCUT2D eigenvalue weighted by Crippen LogP contribution is 2.30. The van der Waals surface area contributed by atoms with E-state index in [9.17, 15) is 15.2 Å². The number of nitrogens with one attached hydrogen (secondary N) is 1. The number of aryl methyl sites for hydroxylation is 2. The van der Waals surface area contributed by atoms with E-state index in [0.29, 0.717) is 24.6 Å². The molecule has 1 aromatic heterocycles. The smallest absolute Gasteiger partial charge is 0.333 e. The molecule has 1 aliphatic carbocycles. The minimum atomic E-state index is -0.381. The molecule has 1 fully saturated rings. The summed E-state index contributed by atoms with van der Waals surface area (Å²) in [6.07, 6.45) is 4.50. The normalized spacial score (nSPS) is 22.2. The third-order valence-electron chi connectivity index (χ3n) is 4.11. The van der Waals surface area contributed by atoms with Gasteiger partial charge in [0.1, 0.15) is 5.69 Å². The molecule has 0 radical (unpaired) electrons. The molecule has 0 saturated heterocycles. The van der Waals surface area contributed by atoms with Gasteiger partial charge in [-0.05, 0) is 26.2 Å². The van der Waals surface area contributed by atoms with Crippen LogP contribution in [0.25, 0.3) is 0 Å². The molecule has 1 aromatic rings. The number of nitro groups is 1. The fourth-order valence-corrected chi connectivity index (χ4v) is 2.99. The molecule has 118 valence electrons. The van der Waals surface area contributed by atoms with Gasteiger partial charge in [-0.3, -0.25) is 10.1 Å². The summed E-state index contributed by atoms with van der Waals surface area (Å²) in [6, 6.07) is 0. The highest BCUT2D eigenvalue weighted by Gasteiger charge is 2.28. The molecule has 2 N–H and O–H groups in total. The van der Waals surface area contributed by atoms with Crippen molar-refractivity contribution < 1.29 is 10.0 Å². The van der Waals surface area contributed by atoms with Crippen LogP contribution in [0.3, 0.4) is 0 Å². The Balaban J connectivity index is 2.15. The van der Waals surface area contributed by atoms with Gasteiger partial charge in [-0.15, -0.1) is 0 Å². The van der Waals surface area contributed by atoms with Crippen molar-refractivity contribution in [1.82, 2.24) is 9.78 Å². The average Bonchev–Trinajstić information content (AvgIpc) is 2.74. The van der Waals surface area contributed by atoms with Crippen LogP contribution in [0.15, 0.2) is 0 Å². The van der Waals surface area contributed by atoms with E-state index in [1.54, 1.807) is 11.6 Å². The van der Waals surface area contributed by atoms with Crippen molar-refractivity contribution in [2.75, 3.05) is 11.9 Å². The first-order valence-electron chi connectivity index (χ1n) is 7.68. The lowest BCUT2D eigenvalue weighted by molar-refractivity contribution is -0.384. The van der Waals surface area contributed by atoms with Gasteiger partial charge in [0.25, 0.3) is 0 Å². The minimum Gasteiger partial charge on any atom is -0.393 e. The highest BCUT2D eigenvalue weighted by atomic mass is 16.6. The standard InChI is InChI=1S/C14H24N4O3/c1-3-8-17-14(13(18(20)21)10(2)16-17)15-9-11-6-4-5-7-12(11)19/h11-12,15,19H,3-9H2,1-2H3. The molecule has 0 aliphatic heterocycles. The molecule has 0 aromatic carbocycles. The molecule has 7 heteroatoms. The van der Waals surface area contributed by atoms with Crippen LogP contribution in [0, 0.1) is 23.0 Å². The van der Waals surface area contributed by atoms with Crippen LogP contribution in [0.4, 0.5) is 11.5 Å². The lowest BCUT2D eigenvalue weighted by Crippen LogP contribution is -2.30. The van der Waals surface area contributed by atoms with Crippen molar-refractivity contribution >= 4 is 11.5 Å². The predicted octanol–water partition coefficient (Wildman–Crippen LogP) is 2.47. The molecule has 1 saturated carbocycles.